The maximum absolute atomic E-state index is 5.74. The van der Waals surface area contributed by atoms with Crippen LogP contribution in [0, 0.1) is 0 Å². The van der Waals surface area contributed by atoms with Gasteiger partial charge in [-0.25, -0.2) is 0 Å². The van der Waals surface area contributed by atoms with Crippen LogP contribution in [0.2, 0.25) is 0 Å². The Morgan fingerprint density at radius 3 is 3.00 bits per heavy atom. The van der Waals surface area contributed by atoms with Crippen LogP contribution in [0.5, 0.6) is 0 Å². The molecule has 1 fully saturated rings. The quantitative estimate of drug-likeness (QED) is 0.885. The number of hydrogen-bond acceptors (Lipinski definition) is 4. The van der Waals surface area contributed by atoms with Crippen LogP contribution in [0.1, 0.15) is 38.4 Å². The number of aromatic nitrogens is 1. The zero-order chi connectivity index (χ0) is 13.7. The van der Waals surface area contributed by atoms with E-state index in [4.69, 9.17) is 4.74 Å². The number of nitrogens with zero attached hydrogens (tertiary/aromatic N) is 2. The third kappa shape index (κ3) is 3.67. The van der Waals surface area contributed by atoms with Gasteiger partial charge in [0.1, 0.15) is 0 Å². The highest BCUT2D eigenvalue weighted by molar-refractivity contribution is 5.45. The lowest BCUT2D eigenvalue weighted by Gasteiger charge is -2.34. The van der Waals surface area contributed by atoms with Gasteiger partial charge >= 0.3 is 0 Å². The van der Waals surface area contributed by atoms with E-state index in [1.54, 1.807) is 0 Å². The molecule has 1 aromatic heterocycles. The molecular formula is C15H25N3O. The summed E-state index contributed by atoms with van der Waals surface area (Å²) in [5.41, 5.74) is 2.29. The lowest BCUT2D eigenvalue weighted by Crippen LogP contribution is -2.39. The van der Waals surface area contributed by atoms with Crippen molar-refractivity contribution in [2.45, 2.75) is 38.8 Å². The first-order valence-corrected chi connectivity index (χ1v) is 7.24. The van der Waals surface area contributed by atoms with Crippen molar-refractivity contribution in [1.29, 1.82) is 0 Å². The van der Waals surface area contributed by atoms with Crippen molar-refractivity contribution in [3.05, 3.63) is 24.0 Å². The number of hydrogen-bond donors (Lipinski definition) is 1. The van der Waals surface area contributed by atoms with E-state index >= 15 is 0 Å². The molecule has 4 nitrogen and oxygen atoms in total. The Morgan fingerprint density at radius 2 is 2.37 bits per heavy atom. The minimum atomic E-state index is 0.298. The molecule has 0 amide bonds. The van der Waals surface area contributed by atoms with Gasteiger partial charge in [-0.15, -0.1) is 0 Å². The van der Waals surface area contributed by atoms with Crippen molar-refractivity contribution in [2.75, 3.05) is 31.6 Å². The fourth-order valence-corrected chi connectivity index (χ4v) is 2.53. The minimum Gasteiger partial charge on any atom is -0.377 e. The fourth-order valence-electron chi connectivity index (χ4n) is 2.53. The van der Waals surface area contributed by atoms with E-state index in [1.807, 2.05) is 13.2 Å². The topological polar surface area (TPSA) is 37.4 Å². The molecule has 106 valence electrons. The molecule has 1 N–H and O–H groups in total. The molecule has 2 unspecified atom stereocenters. The Kier molecular flexibility index (Phi) is 5.16. The number of pyridine rings is 1. The van der Waals surface area contributed by atoms with E-state index in [1.165, 1.54) is 18.5 Å². The van der Waals surface area contributed by atoms with Crippen LogP contribution >= 0.6 is 0 Å². The normalized spacial score (nSPS) is 21.4. The SMILES string of the molecule is CCOC1CCCN(c2ccc(C(C)NC)nc2)C1. The maximum atomic E-state index is 5.74. The molecule has 1 aliphatic rings. The molecule has 2 heterocycles. The monoisotopic (exact) mass is 263 g/mol. The van der Waals surface area contributed by atoms with Gasteiger partial charge in [-0.1, -0.05) is 0 Å². The highest BCUT2D eigenvalue weighted by Crippen LogP contribution is 2.21. The van der Waals surface area contributed by atoms with Crippen LogP contribution in [0.4, 0.5) is 5.69 Å². The Hall–Kier alpha value is -1.13. The lowest BCUT2D eigenvalue weighted by molar-refractivity contribution is 0.0526. The molecule has 1 aliphatic heterocycles. The van der Waals surface area contributed by atoms with Gasteiger partial charge in [-0.05, 0) is 45.9 Å². The average Bonchev–Trinajstić information content (AvgIpc) is 2.47. The molecule has 0 radical (unpaired) electrons. The number of piperidine rings is 1. The molecule has 0 aliphatic carbocycles. The predicted molar refractivity (Wildman–Crippen MR) is 78.6 cm³/mol. The summed E-state index contributed by atoms with van der Waals surface area (Å²) >= 11 is 0. The van der Waals surface area contributed by atoms with Crippen LogP contribution in [0.3, 0.4) is 0 Å². The third-order valence-electron chi connectivity index (χ3n) is 3.79. The maximum Gasteiger partial charge on any atom is 0.0750 e. The van der Waals surface area contributed by atoms with Gasteiger partial charge in [0.05, 0.1) is 23.7 Å². The Bertz CT molecular complexity index is 377. The highest BCUT2D eigenvalue weighted by Gasteiger charge is 2.20. The van der Waals surface area contributed by atoms with Gasteiger partial charge in [-0.2, -0.15) is 0 Å². The highest BCUT2D eigenvalue weighted by atomic mass is 16.5. The van der Waals surface area contributed by atoms with Crippen LogP contribution in [0.25, 0.3) is 0 Å². The number of ether oxygens (including phenoxy) is 1. The smallest absolute Gasteiger partial charge is 0.0750 e. The van der Waals surface area contributed by atoms with Crippen LogP contribution < -0.4 is 10.2 Å². The number of rotatable bonds is 5. The van der Waals surface area contributed by atoms with Gasteiger partial charge in [0.15, 0.2) is 0 Å². The van der Waals surface area contributed by atoms with Gasteiger partial charge in [-0.3, -0.25) is 4.98 Å². The number of nitrogens with one attached hydrogen (secondary N) is 1. The second-order valence-electron chi connectivity index (χ2n) is 5.12. The van der Waals surface area contributed by atoms with Gasteiger partial charge < -0.3 is 15.0 Å². The molecule has 19 heavy (non-hydrogen) atoms. The molecule has 1 aromatic rings. The van der Waals surface area contributed by atoms with Crippen molar-refractivity contribution in [1.82, 2.24) is 10.3 Å². The summed E-state index contributed by atoms with van der Waals surface area (Å²) in [6.45, 7) is 7.07. The van der Waals surface area contributed by atoms with E-state index in [0.29, 0.717) is 12.1 Å². The Morgan fingerprint density at radius 1 is 1.53 bits per heavy atom. The van der Waals surface area contributed by atoms with E-state index < -0.39 is 0 Å². The van der Waals surface area contributed by atoms with Crippen molar-refractivity contribution in [3.8, 4) is 0 Å². The second-order valence-corrected chi connectivity index (χ2v) is 5.12. The van der Waals surface area contributed by atoms with Gasteiger partial charge in [0.2, 0.25) is 0 Å². The standard InChI is InChI=1S/C15H25N3O/c1-4-19-14-6-5-9-18(11-14)13-7-8-15(17-10-13)12(2)16-3/h7-8,10,12,14,16H,4-6,9,11H2,1-3H3. The molecule has 0 bridgehead atoms. The second kappa shape index (κ2) is 6.87. The van der Waals surface area contributed by atoms with Crippen molar-refractivity contribution >= 4 is 5.69 Å². The first-order chi connectivity index (χ1) is 9.24. The van der Waals surface area contributed by atoms with Crippen molar-refractivity contribution in [2.24, 2.45) is 0 Å². The minimum absolute atomic E-state index is 0.298. The van der Waals surface area contributed by atoms with Crippen LogP contribution in [-0.4, -0.2) is 37.8 Å². The molecular weight excluding hydrogens is 238 g/mol. The summed E-state index contributed by atoms with van der Waals surface area (Å²) in [6.07, 6.45) is 4.72. The Balaban J connectivity index is 2.01. The zero-order valence-electron chi connectivity index (χ0n) is 12.2. The zero-order valence-corrected chi connectivity index (χ0v) is 12.2. The Labute approximate surface area is 116 Å². The average molecular weight is 263 g/mol. The molecule has 0 aromatic carbocycles. The van der Waals surface area contributed by atoms with E-state index in [0.717, 1.165) is 25.4 Å². The third-order valence-corrected chi connectivity index (χ3v) is 3.79. The first-order valence-electron chi connectivity index (χ1n) is 7.24. The van der Waals surface area contributed by atoms with Crippen molar-refractivity contribution in [3.63, 3.8) is 0 Å². The molecule has 4 heteroatoms. The van der Waals surface area contributed by atoms with E-state index in [2.05, 4.69) is 41.2 Å². The van der Waals surface area contributed by atoms with Gasteiger partial charge in [0.25, 0.3) is 0 Å². The summed E-state index contributed by atoms with van der Waals surface area (Å²) in [5, 5.41) is 3.21. The van der Waals surface area contributed by atoms with Crippen LogP contribution in [0.15, 0.2) is 18.3 Å². The molecule has 2 atom stereocenters. The summed E-state index contributed by atoms with van der Waals surface area (Å²) < 4.78 is 5.74. The molecule has 2 rings (SSSR count). The molecule has 1 saturated heterocycles. The fraction of sp³-hybridized carbons (Fsp3) is 0.667. The van der Waals surface area contributed by atoms with Crippen LogP contribution in [-0.2, 0) is 4.74 Å². The summed E-state index contributed by atoms with van der Waals surface area (Å²) in [5.74, 6) is 0. The lowest BCUT2D eigenvalue weighted by atomic mass is 10.1. The summed E-state index contributed by atoms with van der Waals surface area (Å²) in [7, 11) is 1.96. The molecule has 0 spiro atoms. The number of anilines is 1. The molecule has 0 saturated carbocycles. The summed E-state index contributed by atoms with van der Waals surface area (Å²) in [4.78, 5) is 6.93. The largest absolute Gasteiger partial charge is 0.377 e. The van der Waals surface area contributed by atoms with Gasteiger partial charge in [0, 0.05) is 25.7 Å². The first kappa shape index (κ1) is 14.3. The van der Waals surface area contributed by atoms with E-state index in [-0.39, 0.29) is 0 Å². The summed E-state index contributed by atoms with van der Waals surface area (Å²) in [6, 6.07) is 4.58. The van der Waals surface area contributed by atoms with E-state index in [9.17, 15) is 0 Å². The predicted octanol–water partition coefficient (Wildman–Crippen LogP) is 2.37. The van der Waals surface area contributed by atoms with Crippen molar-refractivity contribution < 1.29 is 4.74 Å².